The number of rotatable bonds is 4. The quantitative estimate of drug-likeness (QED) is 0.339. The summed E-state index contributed by atoms with van der Waals surface area (Å²) < 4.78 is 0. The Morgan fingerprint density at radius 3 is 2.26 bits per heavy atom. The first-order valence-electron chi connectivity index (χ1n) is 8.21. The molecule has 132 valence electrons. The van der Waals surface area contributed by atoms with Crippen molar-refractivity contribution in [3.8, 4) is 21.6 Å². The molecule has 0 aliphatic carbocycles. The van der Waals surface area contributed by atoms with Crippen molar-refractivity contribution in [2.24, 2.45) is 0 Å². The smallest absolute Gasteiger partial charge is 0.196 e. The van der Waals surface area contributed by atoms with Gasteiger partial charge in [-0.05, 0) is 52.9 Å². The zero-order valence-corrected chi connectivity index (χ0v) is 16.4. The van der Waals surface area contributed by atoms with Crippen molar-refractivity contribution in [3.63, 3.8) is 0 Å². The van der Waals surface area contributed by atoms with Crippen LogP contribution in [0.4, 0.5) is 0 Å². The first-order chi connectivity index (χ1) is 13.1. The van der Waals surface area contributed by atoms with Crippen LogP contribution < -0.4 is 0 Å². The van der Waals surface area contributed by atoms with Gasteiger partial charge < -0.3 is 0 Å². The van der Waals surface area contributed by atoms with E-state index in [-0.39, 0.29) is 5.78 Å². The van der Waals surface area contributed by atoms with Crippen molar-refractivity contribution in [2.75, 3.05) is 0 Å². The van der Waals surface area contributed by atoms with E-state index >= 15 is 0 Å². The number of aromatic nitrogens is 1. The Hall–Kier alpha value is -2.46. The molecule has 0 saturated heterocycles. The summed E-state index contributed by atoms with van der Waals surface area (Å²) in [5.41, 5.74) is 3.85. The van der Waals surface area contributed by atoms with Gasteiger partial charge in [0.25, 0.3) is 0 Å². The minimum absolute atomic E-state index is 0.0747. The Kier molecular flexibility index (Phi) is 5.08. The van der Waals surface area contributed by atoms with Crippen molar-refractivity contribution < 1.29 is 4.79 Å². The highest BCUT2D eigenvalue weighted by Crippen LogP contribution is 2.40. The molecule has 4 aromatic rings. The third-order valence-electron chi connectivity index (χ3n) is 4.16. The molecule has 0 radical (unpaired) electrons. The molecule has 0 unspecified atom stereocenters. The highest BCUT2D eigenvalue weighted by atomic mass is 35.5. The number of thiophene rings is 1. The molecule has 2 nitrogen and oxygen atoms in total. The highest BCUT2D eigenvalue weighted by Gasteiger charge is 2.22. The van der Waals surface area contributed by atoms with E-state index in [2.05, 4.69) is 4.98 Å². The maximum absolute atomic E-state index is 13.4. The van der Waals surface area contributed by atoms with Gasteiger partial charge in [-0.1, -0.05) is 47.5 Å². The average Bonchev–Trinajstić information content (AvgIpc) is 3.13. The molecule has 0 saturated carbocycles. The van der Waals surface area contributed by atoms with Crippen molar-refractivity contribution in [3.05, 3.63) is 99.6 Å². The fourth-order valence-electron chi connectivity index (χ4n) is 2.94. The number of carbonyl (C=O) groups is 1. The third-order valence-corrected chi connectivity index (χ3v) is 5.66. The maximum Gasteiger partial charge on any atom is 0.196 e. The zero-order valence-electron chi connectivity index (χ0n) is 14.0. The number of halogens is 2. The van der Waals surface area contributed by atoms with Crippen LogP contribution in [0.15, 0.2) is 78.4 Å². The molecule has 27 heavy (non-hydrogen) atoms. The summed E-state index contributed by atoms with van der Waals surface area (Å²) in [6, 6.07) is 18.6. The molecular formula is C22H13Cl2NOS. The van der Waals surface area contributed by atoms with E-state index in [4.69, 9.17) is 23.2 Å². The van der Waals surface area contributed by atoms with Crippen molar-refractivity contribution in [1.82, 2.24) is 4.98 Å². The predicted molar refractivity (Wildman–Crippen MR) is 113 cm³/mol. The van der Waals surface area contributed by atoms with Crippen molar-refractivity contribution in [2.45, 2.75) is 0 Å². The van der Waals surface area contributed by atoms with Gasteiger partial charge in [-0.25, -0.2) is 0 Å². The number of hydrogen-bond acceptors (Lipinski definition) is 3. The van der Waals surface area contributed by atoms with E-state index in [1.165, 1.54) is 11.3 Å². The lowest BCUT2D eigenvalue weighted by Crippen LogP contribution is -2.03. The second-order valence-electron chi connectivity index (χ2n) is 5.95. The molecule has 0 bridgehead atoms. The van der Waals surface area contributed by atoms with E-state index in [9.17, 15) is 4.79 Å². The van der Waals surface area contributed by atoms with Gasteiger partial charge in [-0.3, -0.25) is 9.78 Å². The summed E-state index contributed by atoms with van der Waals surface area (Å²) in [7, 11) is 0. The van der Waals surface area contributed by atoms with Gasteiger partial charge in [0.15, 0.2) is 5.78 Å². The number of carbonyl (C=O) groups excluding carboxylic acids is 1. The van der Waals surface area contributed by atoms with Gasteiger partial charge in [0.1, 0.15) is 0 Å². The van der Waals surface area contributed by atoms with Gasteiger partial charge in [0, 0.05) is 44.0 Å². The maximum atomic E-state index is 13.4. The number of ketones is 1. The molecule has 0 N–H and O–H groups in total. The molecule has 0 spiro atoms. The monoisotopic (exact) mass is 409 g/mol. The van der Waals surface area contributed by atoms with Crippen LogP contribution in [-0.4, -0.2) is 10.8 Å². The van der Waals surface area contributed by atoms with E-state index in [0.29, 0.717) is 21.2 Å². The van der Waals surface area contributed by atoms with Gasteiger partial charge in [-0.2, -0.15) is 0 Å². The second kappa shape index (κ2) is 7.65. The number of nitrogens with zero attached hydrogens (tertiary/aromatic N) is 1. The van der Waals surface area contributed by atoms with Crippen LogP contribution in [-0.2, 0) is 0 Å². The van der Waals surface area contributed by atoms with Gasteiger partial charge >= 0.3 is 0 Å². The van der Waals surface area contributed by atoms with Crippen LogP contribution in [0.2, 0.25) is 10.0 Å². The van der Waals surface area contributed by atoms with E-state index < -0.39 is 0 Å². The Morgan fingerprint density at radius 1 is 0.889 bits per heavy atom. The topological polar surface area (TPSA) is 30.0 Å². The largest absolute Gasteiger partial charge is 0.288 e. The lowest BCUT2D eigenvalue weighted by atomic mass is 9.94. The highest BCUT2D eigenvalue weighted by molar-refractivity contribution is 7.14. The molecule has 0 aliphatic rings. The summed E-state index contributed by atoms with van der Waals surface area (Å²) in [4.78, 5) is 18.3. The Bertz CT molecular complexity index is 1060. The van der Waals surface area contributed by atoms with Crippen LogP contribution in [0.25, 0.3) is 21.6 Å². The van der Waals surface area contributed by atoms with E-state index in [1.807, 2.05) is 53.9 Å². The van der Waals surface area contributed by atoms with Crippen LogP contribution in [0.5, 0.6) is 0 Å². The fourth-order valence-corrected chi connectivity index (χ4v) is 4.39. The minimum Gasteiger partial charge on any atom is -0.288 e. The lowest BCUT2D eigenvalue weighted by Gasteiger charge is -2.08. The second-order valence-corrected chi connectivity index (χ2v) is 7.70. The summed E-state index contributed by atoms with van der Waals surface area (Å²) in [5.74, 6) is -0.0747. The summed E-state index contributed by atoms with van der Waals surface area (Å²) in [6.45, 7) is 0. The zero-order chi connectivity index (χ0) is 18.8. The molecule has 2 aromatic heterocycles. The number of hydrogen-bond donors (Lipinski definition) is 0. The third kappa shape index (κ3) is 3.67. The predicted octanol–water partition coefficient (Wildman–Crippen LogP) is 7.01. The molecule has 5 heteroatoms. The van der Waals surface area contributed by atoms with Crippen molar-refractivity contribution in [1.29, 1.82) is 0 Å². The summed E-state index contributed by atoms with van der Waals surface area (Å²) >= 11 is 13.9. The van der Waals surface area contributed by atoms with Gasteiger partial charge in [-0.15, -0.1) is 11.3 Å². The molecule has 0 aliphatic heterocycles. The Morgan fingerprint density at radius 2 is 1.59 bits per heavy atom. The van der Waals surface area contributed by atoms with E-state index in [1.54, 1.807) is 24.5 Å². The van der Waals surface area contributed by atoms with Crippen LogP contribution in [0.3, 0.4) is 0 Å². The Labute approximate surface area is 171 Å². The minimum atomic E-state index is -0.0747. The molecule has 2 aromatic carbocycles. The van der Waals surface area contributed by atoms with Gasteiger partial charge in [0.2, 0.25) is 0 Å². The number of benzene rings is 2. The molecule has 4 rings (SSSR count). The van der Waals surface area contributed by atoms with E-state index in [0.717, 1.165) is 21.6 Å². The van der Waals surface area contributed by atoms with Crippen LogP contribution in [0, 0.1) is 0 Å². The number of pyridine rings is 1. The van der Waals surface area contributed by atoms with Gasteiger partial charge in [0.05, 0.1) is 0 Å². The Balaban J connectivity index is 1.94. The summed E-state index contributed by atoms with van der Waals surface area (Å²) in [6.07, 6.45) is 3.24. The summed E-state index contributed by atoms with van der Waals surface area (Å²) in [5, 5.41) is 3.25. The van der Waals surface area contributed by atoms with Crippen LogP contribution in [0.1, 0.15) is 15.9 Å². The standard InChI is InChI=1S/C22H13Cl2NOS/c23-17-7-1-4-14(10-17)19-13-27-22(15-5-2-8-18(24)11-15)20(19)21(26)16-6-3-9-25-12-16/h1-13H. The SMILES string of the molecule is O=C(c1cccnc1)c1c(-c2cccc(Cl)c2)csc1-c1cccc(Cl)c1. The average molecular weight is 410 g/mol. The molecule has 0 fully saturated rings. The molecule has 0 atom stereocenters. The molecule has 0 amide bonds. The lowest BCUT2D eigenvalue weighted by molar-refractivity contribution is 0.104. The first kappa shape index (κ1) is 17.9. The fraction of sp³-hybridized carbons (Fsp3) is 0. The molecule has 2 heterocycles. The van der Waals surface area contributed by atoms with Crippen LogP contribution >= 0.6 is 34.5 Å². The first-order valence-corrected chi connectivity index (χ1v) is 9.85. The molecular weight excluding hydrogens is 397 g/mol. The van der Waals surface area contributed by atoms with Crippen molar-refractivity contribution >= 4 is 40.3 Å². The normalized spacial score (nSPS) is 10.7.